The van der Waals surface area contributed by atoms with E-state index in [0.29, 0.717) is 5.88 Å². The maximum Gasteiger partial charge on any atom is 0.126 e. The standard InChI is InChI=1S/C14H12N3O.U/c1-17-12(8-10-5-7-15-9-13(10)17)11-4-3-6-16-14(11)18-2;/h3,5-9H,1-2H3;/q-1;. The van der Waals surface area contributed by atoms with Crippen molar-refractivity contribution in [3.05, 3.63) is 42.9 Å². The van der Waals surface area contributed by atoms with Crippen LogP contribution in [0.2, 0.25) is 0 Å². The molecule has 0 amide bonds. The summed E-state index contributed by atoms with van der Waals surface area (Å²) in [5.41, 5.74) is 2.95. The Morgan fingerprint density at radius 2 is 2.16 bits per heavy atom. The molecule has 0 aliphatic carbocycles. The molecule has 94 valence electrons. The molecule has 0 saturated carbocycles. The third-order valence-corrected chi connectivity index (χ3v) is 3.01. The number of pyridine rings is 2. The van der Waals surface area contributed by atoms with Crippen molar-refractivity contribution in [3.63, 3.8) is 0 Å². The Hall–Kier alpha value is -1.31. The van der Waals surface area contributed by atoms with Gasteiger partial charge in [-0.3, -0.25) is 4.98 Å². The number of aromatic nitrogens is 3. The Morgan fingerprint density at radius 1 is 1.32 bits per heavy atom. The van der Waals surface area contributed by atoms with Gasteiger partial charge >= 0.3 is 0 Å². The van der Waals surface area contributed by atoms with Crippen LogP contribution < -0.4 is 4.74 Å². The number of hydrogen-bond acceptors (Lipinski definition) is 3. The maximum atomic E-state index is 5.28. The average Bonchev–Trinajstić information content (AvgIpc) is 2.76. The molecule has 0 unspecified atom stereocenters. The minimum absolute atomic E-state index is 0. The minimum Gasteiger partial charge on any atom is -0.524 e. The molecule has 19 heavy (non-hydrogen) atoms. The van der Waals surface area contributed by atoms with Crippen LogP contribution in [-0.4, -0.2) is 21.6 Å². The van der Waals surface area contributed by atoms with E-state index < -0.39 is 0 Å². The molecule has 0 aromatic carbocycles. The van der Waals surface area contributed by atoms with Gasteiger partial charge in [0.1, 0.15) is 5.88 Å². The third kappa shape index (κ3) is 2.41. The summed E-state index contributed by atoms with van der Waals surface area (Å²) in [6, 6.07) is 9.04. The van der Waals surface area contributed by atoms with Crippen LogP contribution in [0.4, 0.5) is 0 Å². The van der Waals surface area contributed by atoms with Gasteiger partial charge in [-0.05, 0) is 17.1 Å². The summed E-state index contributed by atoms with van der Waals surface area (Å²) < 4.78 is 7.35. The molecule has 0 bridgehead atoms. The summed E-state index contributed by atoms with van der Waals surface area (Å²) in [7, 11) is 3.61. The molecule has 3 rings (SSSR count). The Labute approximate surface area is 135 Å². The summed E-state index contributed by atoms with van der Waals surface area (Å²) in [6.45, 7) is 0. The first-order chi connectivity index (χ1) is 8.81. The Morgan fingerprint density at radius 3 is 2.89 bits per heavy atom. The number of ether oxygens (including phenoxy) is 1. The van der Waals surface area contributed by atoms with Crippen molar-refractivity contribution in [2.24, 2.45) is 7.05 Å². The predicted octanol–water partition coefficient (Wildman–Crippen LogP) is 2.44. The fourth-order valence-corrected chi connectivity index (χ4v) is 2.10. The van der Waals surface area contributed by atoms with Gasteiger partial charge < -0.3 is 14.3 Å². The van der Waals surface area contributed by atoms with Crippen molar-refractivity contribution in [2.75, 3.05) is 7.11 Å². The van der Waals surface area contributed by atoms with E-state index in [1.54, 1.807) is 25.6 Å². The SMILES string of the molecule is COc1ncc[c-]c1-c1cc2ccncc2n1C.[U]. The first kappa shape index (κ1) is 14.1. The summed E-state index contributed by atoms with van der Waals surface area (Å²) in [6.07, 6.45) is 5.31. The van der Waals surface area contributed by atoms with Crippen molar-refractivity contribution in [2.45, 2.75) is 0 Å². The van der Waals surface area contributed by atoms with E-state index in [1.807, 2.05) is 19.3 Å². The minimum atomic E-state index is 0. The van der Waals surface area contributed by atoms with E-state index >= 15 is 0 Å². The molecule has 0 aliphatic rings. The van der Waals surface area contributed by atoms with Gasteiger partial charge in [-0.1, -0.05) is 17.8 Å². The first-order valence-corrected chi connectivity index (χ1v) is 5.62. The quantitative estimate of drug-likeness (QED) is 0.534. The molecule has 0 N–H and O–H groups in total. The molecule has 3 aromatic rings. The first-order valence-electron chi connectivity index (χ1n) is 5.62. The van der Waals surface area contributed by atoms with Gasteiger partial charge in [0.05, 0.1) is 18.8 Å². The molecule has 0 fully saturated rings. The van der Waals surface area contributed by atoms with Crippen LogP contribution in [0.1, 0.15) is 0 Å². The zero-order valence-electron chi connectivity index (χ0n) is 10.7. The van der Waals surface area contributed by atoms with E-state index in [2.05, 4.69) is 26.7 Å². The number of nitrogens with zero attached hydrogens (tertiary/aromatic N) is 3. The molecule has 0 radical (unpaired) electrons. The fourth-order valence-electron chi connectivity index (χ4n) is 2.10. The van der Waals surface area contributed by atoms with Gasteiger partial charge in [-0.15, -0.1) is 12.1 Å². The second-order valence-corrected chi connectivity index (χ2v) is 4.00. The predicted molar refractivity (Wildman–Crippen MR) is 69.3 cm³/mol. The fraction of sp³-hybridized carbons (Fsp3) is 0.143. The summed E-state index contributed by atoms with van der Waals surface area (Å²) >= 11 is 0. The van der Waals surface area contributed by atoms with Crippen LogP contribution >= 0.6 is 0 Å². The molecular formula is C14H12N3OU-. The Kier molecular flexibility index (Phi) is 4.28. The Balaban J connectivity index is 0.00000133. The smallest absolute Gasteiger partial charge is 0.126 e. The van der Waals surface area contributed by atoms with Crippen LogP contribution in [0, 0.1) is 37.2 Å². The van der Waals surface area contributed by atoms with E-state index in [4.69, 9.17) is 4.74 Å². The van der Waals surface area contributed by atoms with Gasteiger partial charge in [0.25, 0.3) is 0 Å². The van der Waals surface area contributed by atoms with Crippen LogP contribution in [-0.2, 0) is 7.05 Å². The summed E-state index contributed by atoms with van der Waals surface area (Å²) in [5, 5.41) is 1.14. The second kappa shape index (κ2) is 5.77. The molecule has 3 aromatic heterocycles. The largest absolute Gasteiger partial charge is 0.524 e. The number of aryl methyl sites for hydroxylation is 1. The van der Waals surface area contributed by atoms with Gasteiger partial charge in [0, 0.05) is 44.4 Å². The van der Waals surface area contributed by atoms with Gasteiger partial charge in [-0.2, -0.15) is 0 Å². The van der Waals surface area contributed by atoms with E-state index in [1.165, 1.54) is 0 Å². The third-order valence-electron chi connectivity index (χ3n) is 3.01. The average molecular weight is 476 g/mol. The molecule has 0 atom stereocenters. The van der Waals surface area contributed by atoms with Crippen LogP contribution in [0.25, 0.3) is 22.2 Å². The maximum absolute atomic E-state index is 5.28. The van der Waals surface area contributed by atoms with Gasteiger partial charge in [-0.25, -0.2) is 0 Å². The van der Waals surface area contributed by atoms with Crippen molar-refractivity contribution in [1.82, 2.24) is 14.5 Å². The number of fused-ring (bicyclic) bond motifs is 1. The van der Waals surface area contributed by atoms with Crippen molar-refractivity contribution in [3.8, 4) is 17.1 Å². The summed E-state index contributed by atoms with van der Waals surface area (Å²) in [5.74, 6) is 0.580. The van der Waals surface area contributed by atoms with Gasteiger partial charge in [0.2, 0.25) is 0 Å². The molecule has 3 heterocycles. The van der Waals surface area contributed by atoms with E-state index in [9.17, 15) is 0 Å². The molecule has 0 aliphatic heterocycles. The number of hydrogen-bond donors (Lipinski definition) is 0. The van der Waals surface area contributed by atoms with Crippen molar-refractivity contribution >= 4 is 10.9 Å². The van der Waals surface area contributed by atoms with Crippen LogP contribution in [0.5, 0.6) is 5.88 Å². The van der Waals surface area contributed by atoms with Crippen molar-refractivity contribution < 1.29 is 35.9 Å². The number of rotatable bonds is 2. The van der Waals surface area contributed by atoms with Crippen LogP contribution in [0.3, 0.4) is 0 Å². The zero-order valence-corrected chi connectivity index (χ0v) is 14.9. The second-order valence-electron chi connectivity index (χ2n) is 4.00. The van der Waals surface area contributed by atoms with Crippen LogP contribution in [0.15, 0.2) is 36.8 Å². The molecule has 0 saturated heterocycles. The monoisotopic (exact) mass is 476 g/mol. The zero-order chi connectivity index (χ0) is 12.5. The van der Waals surface area contributed by atoms with Gasteiger partial charge in [0.15, 0.2) is 0 Å². The van der Waals surface area contributed by atoms with E-state index in [-0.39, 0.29) is 31.1 Å². The topological polar surface area (TPSA) is 39.9 Å². The van der Waals surface area contributed by atoms with Crippen molar-refractivity contribution in [1.29, 1.82) is 0 Å². The molecule has 0 spiro atoms. The van der Waals surface area contributed by atoms with E-state index in [0.717, 1.165) is 22.2 Å². The number of methoxy groups -OCH3 is 1. The molecular weight excluding hydrogens is 464 g/mol. The Bertz CT molecular complexity index is 709. The normalized spacial score (nSPS) is 10.2. The summed E-state index contributed by atoms with van der Waals surface area (Å²) in [4.78, 5) is 8.35. The molecule has 5 heteroatoms. The molecule has 4 nitrogen and oxygen atoms in total.